The number of carbonyl (C=O) groups is 1. The number of piperidine rings is 1. The molecule has 2 rings (SSSR count). The third-order valence-corrected chi connectivity index (χ3v) is 3.69. The number of nitrogens with zero attached hydrogens (tertiary/aromatic N) is 2. The summed E-state index contributed by atoms with van der Waals surface area (Å²) >= 11 is 0. The van der Waals surface area contributed by atoms with Crippen LogP contribution in [0.4, 0.5) is 15.8 Å². The Labute approximate surface area is 115 Å². The molecule has 0 spiro atoms. The number of carboxylic acid groups (broad SMARTS) is 1. The second kappa shape index (κ2) is 5.07. The van der Waals surface area contributed by atoms with Gasteiger partial charge in [0, 0.05) is 13.1 Å². The number of carboxylic acids is 1. The molecule has 0 radical (unpaired) electrons. The van der Waals surface area contributed by atoms with Gasteiger partial charge in [-0.15, -0.1) is 0 Å². The molecule has 1 aromatic carbocycles. The summed E-state index contributed by atoms with van der Waals surface area (Å²) in [5.41, 5.74) is -1.01. The lowest BCUT2D eigenvalue weighted by Gasteiger charge is -2.38. The van der Waals surface area contributed by atoms with Gasteiger partial charge in [0.05, 0.1) is 16.4 Å². The predicted octanol–water partition coefficient (Wildman–Crippen LogP) is 2.43. The van der Waals surface area contributed by atoms with E-state index in [2.05, 4.69) is 0 Å². The minimum atomic E-state index is -0.944. The zero-order valence-corrected chi connectivity index (χ0v) is 11.0. The van der Waals surface area contributed by atoms with Crippen molar-refractivity contribution in [3.05, 3.63) is 34.1 Å². The number of nitro benzene ring substituents is 1. The van der Waals surface area contributed by atoms with Crippen LogP contribution >= 0.6 is 0 Å². The van der Waals surface area contributed by atoms with Gasteiger partial charge < -0.3 is 10.0 Å². The Morgan fingerprint density at radius 1 is 1.55 bits per heavy atom. The van der Waals surface area contributed by atoms with Crippen LogP contribution in [0.25, 0.3) is 0 Å². The van der Waals surface area contributed by atoms with Crippen LogP contribution in [0.3, 0.4) is 0 Å². The highest BCUT2D eigenvalue weighted by atomic mass is 19.1. The maximum absolute atomic E-state index is 13.1. The zero-order chi connectivity index (χ0) is 14.9. The molecule has 6 nitrogen and oxygen atoms in total. The van der Waals surface area contributed by atoms with Gasteiger partial charge in [-0.2, -0.15) is 0 Å². The highest BCUT2D eigenvalue weighted by Crippen LogP contribution is 2.36. The molecule has 108 valence electrons. The molecular weight excluding hydrogens is 267 g/mol. The van der Waals surface area contributed by atoms with Gasteiger partial charge in [-0.3, -0.25) is 14.9 Å². The lowest BCUT2D eigenvalue weighted by atomic mass is 9.82. The molecular formula is C13H15FN2O4. The summed E-state index contributed by atoms with van der Waals surface area (Å²) in [6.07, 6.45) is 1.14. The number of hydrogen-bond acceptors (Lipinski definition) is 4. The maximum Gasteiger partial charge on any atom is 0.311 e. The number of anilines is 1. The molecule has 1 atom stereocenters. The van der Waals surface area contributed by atoms with Gasteiger partial charge in [0.15, 0.2) is 0 Å². The molecule has 0 bridgehead atoms. The second-order valence-corrected chi connectivity index (χ2v) is 5.28. The fraction of sp³-hybridized carbons (Fsp3) is 0.462. The predicted molar refractivity (Wildman–Crippen MR) is 70.2 cm³/mol. The summed E-state index contributed by atoms with van der Waals surface area (Å²) in [5.74, 6) is -1.61. The van der Waals surface area contributed by atoms with Crippen LogP contribution in [0, 0.1) is 21.3 Å². The van der Waals surface area contributed by atoms with Gasteiger partial charge in [-0.05, 0) is 31.9 Å². The van der Waals surface area contributed by atoms with Crippen LogP contribution < -0.4 is 4.90 Å². The molecule has 1 aromatic rings. The maximum atomic E-state index is 13.1. The second-order valence-electron chi connectivity index (χ2n) is 5.28. The molecule has 1 heterocycles. The fourth-order valence-electron chi connectivity index (χ4n) is 2.53. The van der Waals surface area contributed by atoms with Crippen LogP contribution in [0.2, 0.25) is 0 Å². The topological polar surface area (TPSA) is 83.7 Å². The Morgan fingerprint density at radius 3 is 2.85 bits per heavy atom. The number of nitro groups is 1. The van der Waals surface area contributed by atoms with E-state index in [1.807, 2.05) is 0 Å². The fourth-order valence-corrected chi connectivity index (χ4v) is 2.53. The smallest absolute Gasteiger partial charge is 0.311 e. The average molecular weight is 282 g/mol. The van der Waals surface area contributed by atoms with Crippen molar-refractivity contribution in [3.63, 3.8) is 0 Å². The first-order chi connectivity index (χ1) is 9.33. The molecule has 1 fully saturated rings. The summed E-state index contributed by atoms with van der Waals surface area (Å²) < 4.78 is 13.1. The third kappa shape index (κ3) is 2.56. The highest BCUT2D eigenvalue weighted by molar-refractivity contribution is 5.76. The number of aliphatic carboxylic acids is 1. The van der Waals surface area contributed by atoms with Crippen molar-refractivity contribution in [1.82, 2.24) is 0 Å². The van der Waals surface area contributed by atoms with Crippen molar-refractivity contribution in [3.8, 4) is 0 Å². The van der Waals surface area contributed by atoms with Crippen molar-refractivity contribution in [2.75, 3.05) is 18.0 Å². The summed E-state index contributed by atoms with van der Waals surface area (Å²) in [6, 6.07) is 3.35. The monoisotopic (exact) mass is 282 g/mol. The van der Waals surface area contributed by atoms with Crippen LogP contribution in [-0.4, -0.2) is 29.1 Å². The Kier molecular flexibility index (Phi) is 3.61. The number of benzene rings is 1. The van der Waals surface area contributed by atoms with E-state index in [9.17, 15) is 24.4 Å². The van der Waals surface area contributed by atoms with Crippen molar-refractivity contribution in [2.45, 2.75) is 19.8 Å². The van der Waals surface area contributed by atoms with Crippen LogP contribution in [0.5, 0.6) is 0 Å². The molecule has 0 saturated carbocycles. The van der Waals surface area contributed by atoms with Gasteiger partial charge in [-0.25, -0.2) is 4.39 Å². The van der Waals surface area contributed by atoms with E-state index < -0.39 is 22.1 Å². The van der Waals surface area contributed by atoms with E-state index in [1.54, 1.807) is 11.8 Å². The Morgan fingerprint density at radius 2 is 2.25 bits per heavy atom. The SMILES string of the molecule is CC1(C(=O)O)CCCN(c2ccc(F)cc2[N+](=O)[O-])C1. The van der Waals surface area contributed by atoms with Crippen molar-refractivity contribution in [2.24, 2.45) is 5.41 Å². The molecule has 1 aliphatic heterocycles. The molecule has 20 heavy (non-hydrogen) atoms. The van der Waals surface area contributed by atoms with Gasteiger partial charge >= 0.3 is 5.97 Å². The first kappa shape index (κ1) is 14.2. The zero-order valence-electron chi connectivity index (χ0n) is 11.0. The molecule has 1 saturated heterocycles. The summed E-state index contributed by atoms with van der Waals surface area (Å²) in [5, 5.41) is 20.3. The molecule has 1 unspecified atom stereocenters. The number of halogens is 1. The van der Waals surface area contributed by atoms with E-state index in [-0.39, 0.29) is 17.9 Å². The lowest BCUT2D eigenvalue weighted by molar-refractivity contribution is -0.384. The molecule has 0 amide bonds. The first-order valence-electron chi connectivity index (χ1n) is 6.26. The normalized spacial score (nSPS) is 22.6. The molecule has 1 N–H and O–H groups in total. The van der Waals surface area contributed by atoms with Gasteiger partial charge in [0.2, 0.25) is 0 Å². The van der Waals surface area contributed by atoms with Gasteiger partial charge in [0.1, 0.15) is 11.5 Å². The van der Waals surface area contributed by atoms with E-state index in [4.69, 9.17) is 0 Å². The highest BCUT2D eigenvalue weighted by Gasteiger charge is 2.39. The minimum Gasteiger partial charge on any atom is -0.481 e. The quantitative estimate of drug-likeness (QED) is 0.680. The van der Waals surface area contributed by atoms with E-state index in [1.165, 1.54) is 6.07 Å². The molecule has 1 aliphatic rings. The number of rotatable bonds is 3. The van der Waals surface area contributed by atoms with Gasteiger partial charge in [0.25, 0.3) is 5.69 Å². The number of hydrogen-bond donors (Lipinski definition) is 1. The van der Waals surface area contributed by atoms with Crippen LogP contribution in [0.1, 0.15) is 19.8 Å². The van der Waals surface area contributed by atoms with E-state index in [0.29, 0.717) is 19.4 Å². The molecule has 0 aliphatic carbocycles. The minimum absolute atomic E-state index is 0.175. The third-order valence-electron chi connectivity index (χ3n) is 3.69. The standard InChI is InChI=1S/C13H15FN2O4/c1-13(12(17)18)5-2-6-15(8-13)10-4-3-9(14)7-11(10)16(19)20/h3-4,7H,2,5-6,8H2,1H3,(H,17,18). The Balaban J connectivity index is 2.37. The van der Waals surface area contributed by atoms with Crippen molar-refractivity contribution >= 4 is 17.3 Å². The summed E-state index contributed by atoms with van der Waals surface area (Å²) in [6.45, 7) is 2.32. The first-order valence-corrected chi connectivity index (χ1v) is 6.26. The summed E-state index contributed by atoms with van der Waals surface area (Å²) in [7, 11) is 0. The largest absolute Gasteiger partial charge is 0.481 e. The lowest BCUT2D eigenvalue weighted by Crippen LogP contribution is -2.46. The van der Waals surface area contributed by atoms with Crippen molar-refractivity contribution < 1.29 is 19.2 Å². The Bertz CT molecular complexity index is 563. The summed E-state index contributed by atoms with van der Waals surface area (Å²) in [4.78, 5) is 23.3. The molecule has 7 heteroatoms. The van der Waals surface area contributed by atoms with Gasteiger partial charge in [-0.1, -0.05) is 0 Å². The average Bonchev–Trinajstić information content (AvgIpc) is 2.38. The Hall–Kier alpha value is -2.18. The van der Waals surface area contributed by atoms with Crippen LogP contribution in [-0.2, 0) is 4.79 Å². The molecule has 0 aromatic heterocycles. The van der Waals surface area contributed by atoms with E-state index in [0.717, 1.165) is 12.1 Å². The van der Waals surface area contributed by atoms with E-state index >= 15 is 0 Å². The van der Waals surface area contributed by atoms with Crippen molar-refractivity contribution in [1.29, 1.82) is 0 Å². The van der Waals surface area contributed by atoms with Crippen LogP contribution in [0.15, 0.2) is 18.2 Å².